The average Bonchev–Trinajstić information content (AvgIpc) is 2.86. The fraction of sp³-hybridized carbons (Fsp3) is 0.333. The van der Waals surface area contributed by atoms with Crippen LogP contribution >= 0.6 is 11.3 Å². The molecule has 0 aliphatic rings. The monoisotopic (exact) mass is 288 g/mol. The van der Waals surface area contributed by atoms with Gasteiger partial charge in [0.15, 0.2) is 10.2 Å². The van der Waals surface area contributed by atoms with Crippen molar-refractivity contribution in [2.45, 2.75) is 18.1 Å². The van der Waals surface area contributed by atoms with Crippen LogP contribution in [0.3, 0.4) is 0 Å². The quantitative estimate of drug-likeness (QED) is 0.864. The van der Waals surface area contributed by atoms with Crippen LogP contribution in [0.25, 0.3) is 0 Å². The molecule has 98 valence electrons. The summed E-state index contributed by atoms with van der Waals surface area (Å²) in [5.74, 6) is 0. The molecule has 0 aromatic carbocycles. The summed E-state index contributed by atoms with van der Waals surface area (Å²) in [6, 6.07) is 0. The van der Waals surface area contributed by atoms with E-state index in [1.807, 2.05) is 0 Å². The first-order valence-electron chi connectivity index (χ1n) is 5.03. The van der Waals surface area contributed by atoms with Crippen LogP contribution in [0.4, 0.5) is 5.13 Å². The van der Waals surface area contributed by atoms with Crippen molar-refractivity contribution in [2.75, 3.05) is 4.72 Å². The molecular formula is C9H12N4O3S2. The number of aryl methyl sites for hydroxylation is 1. The third-order valence-corrected chi connectivity index (χ3v) is 4.26. The molecule has 0 aliphatic carbocycles. The number of sulfonamides is 1. The molecule has 1 atom stereocenters. The molecule has 1 unspecified atom stereocenters. The van der Waals surface area contributed by atoms with Gasteiger partial charge in [-0.15, -0.1) is 11.3 Å². The molecule has 0 aliphatic heterocycles. The van der Waals surface area contributed by atoms with Gasteiger partial charge in [0.2, 0.25) is 0 Å². The molecule has 0 saturated heterocycles. The van der Waals surface area contributed by atoms with Crippen molar-refractivity contribution in [3.8, 4) is 0 Å². The zero-order valence-corrected chi connectivity index (χ0v) is 11.4. The molecule has 2 aromatic rings. The van der Waals surface area contributed by atoms with Crippen LogP contribution in [-0.2, 0) is 17.1 Å². The van der Waals surface area contributed by atoms with Gasteiger partial charge in [-0.1, -0.05) is 0 Å². The van der Waals surface area contributed by atoms with Crippen molar-refractivity contribution in [2.24, 2.45) is 7.05 Å². The lowest BCUT2D eigenvalue weighted by atomic mass is 10.3. The molecule has 9 heteroatoms. The van der Waals surface area contributed by atoms with Crippen LogP contribution in [0.5, 0.6) is 0 Å². The highest BCUT2D eigenvalue weighted by molar-refractivity contribution is 7.92. The molecule has 0 bridgehead atoms. The average molecular weight is 288 g/mol. The van der Waals surface area contributed by atoms with Crippen LogP contribution in [0.2, 0.25) is 0 Å². The van der Waals surface area contributed by atoms with Gasteiger partial charge in [-0.25, -0.2) is 9.97 Å². The number of hydrogen-bond acceptors (Lipinski definition) is 6. The number of rotatable bonds is 4. The first-order valence-corrected chi connectivity index (χ1v) is 7.39. The first-order chi connectivity index (χ1) is 8.38. The van der Waals surface area contributed by atoms with Crippen LogP contribution in [0.1, 0.15) is 18.7 Å². The van der Waals surface area contributed by atoms with Crippen molar-refractivity contribution < 1.29 is 13.5 Å². The lowest BCUT2D eigenvalue weighted by molar-refractivity contribution is 0.195. The third kappa shape index (κ3) is 2.68. The third-order valence-electron chi connectivity index (χ3n) is 2.13. The fourth-order valence-corrected chi connectivity index (χ4v) is 3.25. The van der Waals surface area contributed by atoms with Gasteiger partial charge in [-0.2, -0.15) is 8.42 Å². The van der Waals surface area contributed by atoms with E-state index in [2.05, 4.69) is 14.7 Å². The van der Waals surface area contributed by atoms with Crippen molar-refractivity contribution in [1.29, 1.82) is 0 Å². The summed E-state index contributed by atoms with van der Waals surface area (Å²) in [7, 11) is -2.04. The number of aromatic nitrogens is 3. The number of nitrogens with zero attached hydrogens (tertiary/aromatic N) is 3. The molecule has 7 nitrogen and oxygen atoms in total. The highest BCUT2D eigenvalue weighted by atomic mass is 32.2. The zero-order chi connectivity index (χ0) is 13.3. The van der Waals surface area contributed by atoms with E-state index in [0.29, 0.717) is 5.69 Å². The van der Waals surface area contributed by atoms with Crippen LogP contribution in [0, 0.1) is 0 Å². The van der Waals surface area contributed by atoms with E-state index in [0.717, 1.165) is 11.3 Å². The Labute approximate surface area is 108 Å². The molecule has 0 fully saturated rings. The predicted octanol–water partition coefficient (Wildman–Crippen LogP) is 0.731. The lowest BCUT2D eigenvalue weighted by Gasteiger charge is -2.01. The van der Waals surface area contributed by atoms with Crippen molar-refractivity contribution in [3.63, 3.8) is 0 Å². The van der Waals surface area contributed by atoms with Crippen LogP contribution in [-0.4, -0.2) is 28.1 Å². The smallest absolute Gasteiger partial charge is 0.282 e. The summed E-state index contributed by atoms with van der Waals surface area (Å²) in [6.07, 6.45) is 2.07. The summed E-state index contributed by atoms with van der Waals surface area (Å²) in [5, 5.41) is 11.0. The van der Waals surface area contributed by atoms with E-state index in [-0.39, 0.29) is 10.2 Å². The minimum Gasteiger partial charge on any atom is -0.387 e. The van der Waals surface area contributed by atoms with Crippen LogP contribution < -0.4 is 4.72 Å². The SMILES string of the molecule is CC(O)c1csc(NS(=O)(=O)c2cn(C)cn2)n1. The molecule has 0 spiro atoms. The first kappa shape index (κ1) is 13.0. The highest BCUT2D eigenvalue weighted by Gasteiger charge is 2.19. The number of hydrogen-bond donors (Lipinski definition) is 2. The zero-order valence-electron chi connectivity index (χ0n) is 9.73. The number of thiazole rings is 1. The maximum atomic E-state index is 11.9. The van der Waals surface area contributed by atoms with E-state index in [1.54, 1.807) is 19.4 Å². The Hall–Kier alpha value is -1.45. The Bertz CT molecular complexity index is 644. The van der Waals surface area contributed by atoms with E-state index < -0.39 is 16.1 Å². The van der Waals surface area contributed by atoms with Gasteiger partial charge in [-0.3, -0.25) is 4.72 Å². The Morgan fingerprint density at radius 1 is 1.56 bits per heavy atom. The van der Waals surface area contributed by atoms with Gasteiger partial charge in [-0.05, 0) is 6.92 Å². The van der Waals surface area contributed by atoms with E-state index in [4.69, 9.17) is 0 Å². The molecule has 18 heavy (non-hydrogen) atoms. The second kappa shape index (κ2) is 4.67. The number of anilines is 1. The molecule has 0 saturated carbocycles. The van der Waals surface area contributed by atoms with Gasteiger partial charge < -0.3 is 9.67 Å². The summed E-state index contributed by atoms with van der Waals surface area (Å²) < 4.78 is 27.7. The normalized spacial score (nSPS) is 13.5. The van der Waals surface area contributed by atoms with E-state index in [9.17, 15) is 13.5 Å². The number of aliphatic hydroxyl groups is 1. The topological polar surface area (TPSA) is 97.1 Å². The highest BCUT2D eigenvalue weighted by Crippen LogP contribution is 2.22. The molecule has 2 rings (SSSR count). The molecule has 0 radical (unpaired) electrons. The maximum absolute atomic E-state index is 11.9. The summed E-state index contributed by atoms with van der Waals surface area (Å²) in [5.41, 5.74) is 0.429. The summed E-state index contributed by atoms with van der Waals surface area (Å²) >= 11 is 1.11. The predicted molar refractivity (Wildman–Crippen MR) is 66.8 cm³/mol. The summed E-state index contributed by atoms with van der Waals surface area (Å²) in [4.78, 5) is 7.74. The minimum absolute atomic E-state index is 0.0706. The van der Waals surface area contributed by atoms with Crippen LogP contribution in [0.15, 0.2) is 22.9 Å². The molecular weight excluding hydrogens is 276 g/mol. The van der Waals surface area contributed by atoms with Gasteiger partial charge in [0.05, 0.1) is 18.1 Å². The van der Waals surface area contributed by atoms with Gasteiger partial charge >= 0.3 is 0 Å². The molecule has 2 heterocycles. The molecule has 2 aromatic heterocycles. The Morgan fingerprint density at radius 3 is 2.78 bits per heavy atom. The Balaban J connectivity index is 2.22. The lowest BCUT2D eigenvalue weighted by Crippen LogP contribution is -2.13. The van der Waals surface area contributed by atoms with Gasteiger partial charge in [0, 0.05) is 18.6 Å². The van der Waals surface area contributed by atoms with E-state index >= 15 is 0 Å². The maximum Gasteiger partial charge on any atom is 0.282 e. The largest absolute Gasteiger partial charge is 0.387 e. The fourth-order valence-electron chi connectivity index (χ4n) is 1.22. The second-order valence-corrected chi connectivity index (χ2v) is 6.22. The number of imidazole rings is 1. The van der Waals surface area contributed by atoms with Crippen molar-refractivity contribution in [1.82, 2.24) is 14.5 Å². The minimum atomic E-state index is -3.72. The standard InChI is InChI=1S/C9H12N4O3S2/c1-6(14)7-4-17-9(11-7)12-18(15,16)8-3-13(2)5-10-8/h3-6,14H,1-2H3,(H,11,12). The molecule has 0 amide bonds. The van der Waals surface area contributed by atoms with Crippen molar-refractivity contribution >= 4 is 26.5 Å². The Kier molecular flexibility index (Phi) is 3.37. The number of aliphatic hydroxyl groups excluding tert-OH is 1. The summed E-state index contributed by atoms with van der Waals surface area (Å²) in [6.45, 7) is 1.56. The van der Waals surface area contributed by atoms with Crippen molar-refractivity contribution in [3.05, 3.63) is 23.6 Å². The van der Waals surface area contributed by atoms with E-state index in [1.165, 1.54) is 17.1 Å². The Morgan fingerprint density at radius 2 is 2.28 bits per heavy atom. The van der Waals surface area contributed by atoms with Gasteiger partial charge in [0.25, 0.3) is 10.0 Å². The number of nitrogens with one attached hydrogen (secondary N) is 1. The molecule has 2 N–H and O–H groups in total. The van der Waals surface area contributed by atoms with Gasteiger partial charge in [0.1, 0.15) is 0 Å². The second-order valence-electron chi connectivity index (χ2n) is 3.74.